The van der Waals surface area contributed by atoms with Crippen LogP contribution in [0.2, 0.25) is 5.02 Å². The Morgan fingerprint density at radius 2 is 2.06 bits per heavy atom. The van der Waals surface area contributed by atoms with Gasteiger partial charge in [0.15, 0.2) is 0 Å². The third-order valence-electron chi connectivity index (χ3n) is 2.30. The van der Waals surface area contributed by atoms with Crippen LogP contribution in [0.15, 0.2) is 18.2 Å². The average Bonchev–Trinajstić information content (AvgIpc) is 2.28. The Morgan fingerprint density at radius 3 is 2.65 bits per heavy atom. The SMILES string of the molecule is CC(CNC(C)C)COc1ccc(F)c(Cl)c1. The normalized spacial score (nSPS) is 12.8. The van der Waals surface area contributed by atoms with Crippen molar-refractivity contribution in [1.82, 2.24) is 5.32 Å². The van der Waals surface area contributed by atoms with Crippen LogP contribution in [0.25, 0.3) is 0 Å². The van der Waals surface area contributed by atoms with Gasteiger partial charge in [-0.3, -0.25) is 0 Å². The number of nitrogens with one attached hydrogen (secondary N) is 1. The minimum atomic E-state index is -0.423. The van der Waals surface area contributed by atoms with Crippen molar-refractivity contribution in [2.75, 3.05) is 13.2 Å². The molecule has 0 saturated carbocycles. The van der Waals surface area contributed by atoms with E-state index in [1.165, 1.54) is 12.1 Å². The first-order chi connectivity index (χ1) is 7.99. The molecule has 1 unspecified atom stereocenters. The smallest absolute Gasteiger partial charge is 0.142 e. The van der Waals surface area contributed by atoms with E-state index < -0.39 is 5.82 Å². The van der Waals surface area contributed by atoms with Gasteiger partial charge in [-0.2, -0.15) is 0 Å². The zero-order valence-corrected chi connectivity index (χ0v) is 11.2. The molecule has 0 aromatic heterocycles. The van der Waals surface area contributed by atoms with Gasteiger partial charge in [0, 0.05) is 24.6 Å². The highest BCUT2D eigenvalue weighted by atomic mass is 35.5. The minimum Gasteiger partial charge on any atom is -0.493 e. The van der Waals surface area contributed by atoms with Crippen molar-refractivity contribution in [3.63, 3.8) is 0 Å². The van der Waals surface area contributed by atoms with Crippen molar-refractivity contribution in [2.45, 2.75) is 26.8 Å². The molecule has 0 heterocycles. The van der Waals surface area contributed by atoms with E-state index in [9.17, 15) is 4.39 Å². The van der Waals surface area contributed by atoms with Gasteiger partial charge in [-0.15, -0.1) is 0 Å². The maximum atomic E-state index is 12.9. The Balaban J connectivity index is 2.36. The molecule has 0 amide bonds. The number of rotatable bonds is 6. The summed E-state index contributed by atoms with van der Waals surface area (Å²) in [6.07, 6.45) is 0. The van der Waals surface area contributed by atoms with Crippen LogP contribution in [-0.2, 0) is 0 Å². The molecule has 1 atom stereocenters. The van der Waals surface area contributed by atoms with Crippen LogP contribution in [0.4, 0.5) is 4.39 Å². The molecule has 1 N–H and O–H groups in total. The molecule has 4 heteroatoms. The summed E-state index contributed by atoms with van der Waals surface area (Å²) in [4.78, 5) is 0. The predicted octanol–water partition coefficient (Wildman–Crippen LogP) is 3.49. The molecule has 0 aliphatic heterocycles. The second-order valence-corrected chi connectivity index (χ2v) is 4.96. The molecule has 0 aliphatic rings. The van der Waals surface area contributed by atoms with Crippen LogP contribution in [0.5, 0.6) is 5.75 Å². The van der Waals surface area contributed by atoms with E-state index in [1.54, 1.807) is 6.07 Å². The van der Waals surface area contributed by atoms with Crippen LogP contribution < -0.4 is 10.1 Å². The van der Waals surface area contributed by atoms with Gasteiger partial charge in [-0.25, -0.2) is 4.39 Å². The molecule has 0 radical (unpaired) electrons. The zero-order valence-electron chi connectivity index (χ0n) is 10.5. The first-order valence-electron chi connectivity index (χ1n) is 5.80. The van der Waals surface area contributed by atoms with Gasteiger partial charge in [0.2, 0.25) is 0 Å². The fraction of sp³-hybridized carbons (Fsp3) is 0.538. The highest BCUT2D eigenvalue weighted by molar-refractivity contribution is 6.30. The third kappa shape index (κ3) is 5.37. The second kappa shape index (κ2) is 6.82. The summed E-state index contributed by atoms with van der Waals surface area (Å²) in [6.45, 7) is 7.79. The topological polar surface area (TPSA) is 21.3 Å². The average molecular weight is 260 g/mol. The van der Waals surface area contributed by atoms with Gasteiger partial charge in [0.25, 0.3) is 0 Å². The monoisotopic (exact) mass is 259 g/mol. The lowest BCUT2D eigenvalue weighted by atomic mass is 10.2. The van der Waals surface area contributed by atoms with E-state index in [4.69, 9.17) is 16.3 Å². The molecular weight excluding hydrogens is 241 g/mol. The van der Waals surface area contributed by atoms with Gasteiger partial charge >= 0.3 is 0 Å². The Hall–Kier alpha value is -0.800. The zero-order chi connectivity index (χ0) is 12.8. The fourth-order valence-corrected chi connectivity index (χ4v) is 1.47. The summed E-state index contributed by atoms with van der Waals surface area (Å²) >= 11 is 5.66. The largest absolute Gasteiger partial charge is 0.493 e. The summed E-state index contributed by atoms with van der Waals surface area (Å²) in [7, 11) is 0. The minimum absolute atomic E-state index is 0.0930. The van der Waals surface area contributed by atoms with Crippen molar-refractivity contribution < 1.29 is 9.13 Å². The lowest BCUT2D eigenvalue weighted by Gasteiger charge is -2.15. The molecule has 1 aromatic rings. The Bertz CT molecular complexity index is 357. The number of ether oxygens (including phenoxy) is 1. The molecule has 1 aromatic carbocycles. The number of halogens is 2. The Kier molecular flexibility index (Phi) is 5.72. The summed E-state index contributed by atoms with van der Waals surface area (Å²) in [5.74, 6) is 0.572. The summed E-state index contributed by atoms with van der Waals surface area (Å²) in [5, 5.41) is 3.43. The summed E-state index contributed by atoms with van der Waals surface area (Å²) in [6, 6.07) is 4.87. The number of hydrogen-bond acceptors (Lipinski definition) is 2. The van der Waals surface area contributed by atoms with E-state index in [0.717, 1.165) is 6.54 Å². The van der Waals surface area contributed by atoms with Crippen molar-refractivity contribution in [3.05, 3.63) is 29.0 Å². The lowest BCUT2D eigenvalue weighted by molar-refractivity contribution is 0.253. The van der Waals surface area contributed by atoms with Gasteiger partial charge in [-0.05, 0) is 12.1 Å². The maximum absolute atomic E-state index is 12.9. The summed E-state index contributed by atoms with van der Waals surface area (Å²) < 4.78 is 18.5. The molecular formula is C13H19ClFNO. The van der Waals surface area contributed by atoms with E-state index in [-0.39, 0.29) is 5.02 Å². The van der Waals surface area contributed by atoms with Crippen LogP contribution >= 0.6 is 11.6 Å². The molecule has 17 heavy (non-hydrogen) atoms. The molecule has 0 bridgehead atoms. The van der Waals surface area contributed by atoms with E-state index in [1.807, 2.05) is 0 Å². The van der Waals surface area contributed by atoms with Crippen LogP contribution in [0.3, 0.4) is 0 Å². The molecule has 96 valence electrons. The van der Waals surface area contributed by atoms with Crippen LogP contribution in [0, 0.1) is 11.7 Å². The van der Waals surface area contributed by atoms with Gasteiger partial charge in [0.1, 0.15) is 11.6 Å². The van der Waals surface area contributed by atoms with Crippen molar-refractivity contribution in [3.8, 4) is 5.75 Å². The molecule has 0 fully saturated rings. The third-order valence-corrected chi connectivity index (χ3v) is 2.59. The Morgan fingerprint density at radius 1 is 1.35 bits per heavy atom. The first-order valence-corrected chi connectivity index (χ1v) is 6.18. The van der Waals surface area contributed by atoms with Crippen molar-refractivity contribution >= 4 is 11.6 Å². The predicted molar refractivity (Wildman–Crippen MR) is 69.2 cm³/mol. The highest BCUT2D eigenvalue weighted by Crippen LogP contribution is 2.21. The van der Waals surface area contributed by atoms with E-state index in [0.29, 0.717) is 24.3 Å². The lowest BCUT2D eigenvalue weighted by Crippen LogP contribution is -2.30. The molecule has 1 rings (SSSR count). The van der Waals surface area contributed by atoms with E-state index in [2.05, 4.69) is 26.1 Å². The standard InChI is InChI=1S/C13H19ClFNO/c1-9(2)16-7-10(3)8-17-11-4-5-13(15)12(14)6-11/h4-6,9-10,16H,7-8H2,1-3H3. The molecule has 0 saturated heterocycles. The number of benzene rings is 1. The highest BCUT2D eigenvalue weighted by Gasteiger charge is 2.06. The Labute approximate surface area is 107 Å². The molecule has 2 nitrogen and oxygen atoms in total. The number of hydrogen-bond donors (Lipinski definition) is 1. The van der Waals surface area contributed by atoms with Gasteiger partial charge in [-0.1, -0.05) is 32.4 Å². The fourth-order valence-electron chi connectivity index (χ4n) is 1.30. The molecule has 0 aliphatic carbocycles. The van der Waals surface area contributed by atoms with Gasteiger partial charge < -0.3 is 10.1 Å². The molecule has 0 spiro atoms. The van der Waals surface area contributed by atoms with E-state index >= 15 is 0 Å². The van der Waals surface area contributed by atoms with Crippen molar-refractivity contribution in [2.24, 2.45) is 5.92 Å². The quantitative estimate of drug-likeness (QED) is 0.844. The first kappa shape index (κ1) is 14.3. The second-order valence-electron chi connectivity index (χ2n) is 4.56. The maximum Gasteiger partial charge on any atom is 0.142 e. The van der Waals surface area contributed by atoms with Crippen LogP contribution in [0.1, 0.15) is 20.8 Å². The summed E-state index contributed by atoms with van der Waals surface area (Å²) in [5.41, 5.74) is 0. The van der Waals surface area contributed by atoms with Crippen LogP contribution in [-0.4, -0.2) is 19.2 Å². The van der Waals surface area contributed by atoms with Gasteiger partial charge in [0.05, 0.1) is 11.6 Å². The van der Waals surface area contributed by atoms with Crippen molar-refractivity contribution in [1.29, 1.82) is 0 Å².